The van der Waals surface area contributed by atoms with E-state index in [0.717, 1.165) is 6.42 Å². The van der Waals surface area contributed by atoms with Crippen molar-refractivity contribution in [1.82, 2.24) is 5.32 Å². The number of hydrogen-bond donors (Lipinski definition) is 2. The van der Waals surface area contributed by atoms with Gasteiger partial charge in [0.2, 0.25) is 0 Å². The fraction of sp³-hybridized carbons (Fsp3) is 1.00. The molecule has 1 fully saturated rings. The van der Waals surface area contributed by atoms with Crippen molar-refractivity contribution in [3.8, 4) is 0 Å². The van der Waals surface area contributed by atoms with Crippen molar-refractivity contribution in [3.05, 3.63) is 0 Å². The second kappa shape index (κ2) is 4.63. The van der Waals surface area contributed by atoms with E-state index in [1.807, 2.05) is 0 Å². The van der Waals surface area contributed by atoms with E-state index in [4.69, 9.17) is 5.11 Å². The molecule has 0 aromatic rings. The average Bonchev–Trinajstić information content (AvgIpc) is 2.84. The van der Waals surface area contributed by atoms with Gasteiger partial charge in [-0.3, -0.25) is 0 Å². The molecular weight excluding hydrogens is 174 g/mol. The van der Waals surface area contributed by atoms with E-state index in [1.54, 1.807) is 0 Å². The maximum absolute atomic E-state index is 8.98. The van der Waals surface area contributed by atoms with Gasteiger partial charge in [-0.2, -0.15) is 0 Å². The lowest BCUT2D eigenvalue weighted by atomic mass is 9.95. The highest BCUT2D eigenvalue weighted by atomic mass is 16.3. The maximum atomic E-state index is 8.98. The van der Waals surface area contributed by atoms with Crippen molar-refractivity contribution in [3.63, 3.8) is 0 Å². The number of aliphatic hydroxyl groups excluding tert-OH is 1. The van der Waals surface area contributed by atoms with Gasteiger partial charge in [-0.15, -0.1) is 0 Å². The summed E-state index contributed by atoms with van der Waals surface area (Å²) in [6.45, 7) is 9.35. The van der Waals surface area contributed by atoms with Gasteiger partial charge >= 0.3 is 0 Å². The minimum atomic E-state index is 0.291. The lowest BCUT2D eigenvalue weighted by Gasteiger charge is -2.29. The number of aliphatic hydroxyl groups is 1. The summed E-state index contributed by atoms with van der Waals surface area (Å²) in [6, 6.07) is 1.05. The molecule has 1 rings (SSSR count). The van der Waals surface area contributed by atoms with Crippen LogP contribution in [0.4, 0.5) is 0 Å². The first-order valence-corrected chi connectivity index (χ1v) is 5.86. The highest BCUT2D eigenvalue weighted by Crippen LogP contribution is 2.48. The Morgan fingerprint density at radius 3 is 2.21 bits per heavy atom. The van der Waals surface area contributed by atoms with Crippen LogP contribution < -0.4 is 5.32 Å². The summed E-state index contributed by atoms with van der Waals surface area (Å²) in [5.74, 6) is 0.604. The van der Waals surface area contributed by atoms with Crippen LogP contribution in [-0.2, 0) is 0 Å². The minimum Gasteiger partial charge on any atom is -0.396 e. The Morgan fingerprint density at radius 2 is 1.86 bits per heavy atom. The van der Waals surface area contributed by atoms with Crippen molar-refractivity contribution in [2.45, 2.75) is 59.0 Å². The topological polar surface area (TPSA) is 32.3 Å². The number of hydrogen-bond acceptors (Lipinski definition) is 2. The third-order valence-corrected chi connectivity index (χ3v) is 3.79. The molecule has 1 saturated carbocycles. The number of nitrogens with one attached hydrogen (secondary N) is 1. The van der Waals surface area contributed by atoms with Crippen LogP contribution in [0.25, 0.3) is 0 Å². The zero-order chi connectivity index (χ0) is 10.8. The van der Waals surface area contributed by atoms with Gasteiger partial charge in [0.1, 0.15) is 0 Å². The van der Waals surface area contributed by atoms with Gasteiger partial charge in [0.05, 0.1) is 0 Å². The molecule has 0 saturated heterocycles. The van der Waals surface area contributed by atoms with Crippen molar-refractivity contribution in [2.75, 3.05) is 6.61 Å². The minimum absolute atomic E-state index is 0.291. The molecule has 0 aromatic carbocycles. The summed E-state index contributed by atoms with van der Waals surface area (Å²) >= 11 is 0. The third kappa shape index (κ3) is 2.96. The van der Waals surface area contributed by atoms with Crippen LogP contribution in [0.1, 0.15) is 47.0 Å². The molecule has 1 aliphatic rings. The Bertz CT molecular complexity index is 175. The molecule has 2 unspecified atom stereocenters. The quantitative estimate of drug-likeness (QED) is 0.687. The Balaban J connectivity index is 2.38. The Kier molecular flexibility index (Phi) is 3.96. The van der Waals surface area contributed by atoms with Gasteiger partial charge in [-0.05, 0) is 37.5 Å². The molecule has 14 heavy (non-hydrogen) atoms. The van der Waals surface area contributed by atoms with Crippen LogP contribution >= 0.6 is 0 Å². The van der Waals surface area contributed by atoms with E-state index in [2.05, 4.69) is 33.0 Å². The van der Waals surface area contributed by atoms with Gasteiger partial charge in [0.25, 0.3) is 0 Å². The van der Waals surface area contributed by atoms with Crippen LogP contribution in [0.3, 0.4) is 0 Å². The molecule has 2 heteroatoms. The van der Waals surface area contributed by atoms with Gasteiger partial charge in [-0.25, -0.2) is 0 Å². The molecule has 0 aromatic heterocycles. The first-order chi connectivity index (χ1) is 6.49. The lowest BCUT2D eigenvalue weighted by Crippen LogP contribution is -2.44. The Labute approximate surface area is 88.1 Å². The fourth-order valence-electron chi connectivity index (χ4n) is 1.90. The van der Waals surface area contributed by atoms with Crippen LogP contribution in [0.5, 0.6) is 0 Å². The van der Waals surface area contributed by atoms with Gasteiger partial charge in [0.15, 0.2) is 0 Å². The molecule has 0 heterocycles. The van der Waals surface area contributed by atoms with E-state index >= 15 is 0 Å². The van der Waals surface area contributed by atoms with Gasteiger partial charge in [-0.1, -0.05) is 20.8 Å². The summed E-state index contributed by atoms with van der Waals surface area (Å²) in [4.78, 5) is 0. The second-order valence-electron chi connectivity index (χ2n) is 5.41. The first-order valence-electron chi connectivity index (χ1n) is 5.86. The predicted octanol–water partition coefficient (Wildman–Crippen LogP) is 2.17. The first kappa shape index (κ1) is 12.0. The van der Waals surface area contributed by atoms with Crippen molar-refractivity contribution >= 4 is 0 Å². The van der Waals surface area contributed by atoms with Crippen LogP contribution in [0.2, 0.25) is 0 Å². The molecule has 1 aliphatic carbocycles. The largest absolute Gasteiger partial charge is 0.396 e. The maximum Gasteiger partial charge on any atom is 0.0445 e. The molecule has 0 radical (unpaired) electrons. The Hall–Kier alpha value is -0.0800. The van der Waals surface area contributed by atoms with E-state index in [0.29, 0.717) is 30.0 Å². The fourth-order valence-corrected chi connectivity index (χ4v) is 1.90. The van der Waals surface area contributed by atoms with Crippen molar-refractivity contribution in [2.24, 2.45) is 11.3 Å². The van der Waals surface area contributed by atoms with Crippen LogP contribution in [0.15, 0.2) is 0 Å². The number of rotatable bonds is 6. The monoisotopic (exact) mass is 199 g/mol. The Morgan fingerprint density at radius 1 is 1.29 bits per heavy atom. The van der Waals surface area contributed by atoms with Gasteiger partial charge in [0, 0.05) is 18.7 Å². The smallest absolute Gasteiger partial charge is 0.0445 e. The summed E-state index contributed by atoms with van der Waals surface area (Å²) in [5.41, 5.74) is 0.530. The molecule has 0 aliphatic heterocycles. The molecular formula is C12H25NO. The normalized spacial score (nSPS) is 23.6. The van der Waals surface area contributed by atoms with Crippen molar-refractivity contribution in [1.29, 1.82) is 0 Å². The van der Waals surface area contributed by atoms with Gasteiger partial charge < -0.3 is 10.4 Å². The van der Waals surface area contributed by atoms with Crippen LogP contribution in [0, 0.1) is 11.3 Å². The van der Waals surface area contributed by atoms with Crippen LogP contribution in [-0.4, -0.2) is 23.8 Å². The highest BCUT2D eigenvalue weighted by Gasteiger charge is 2.42. The average molecular weight is 199 g/mol. The summed E-state index contributed by atoms with van der Waals surface area (Å²) in [6.07, 6.45) is 3.58. The van der Waals surface area contributed by atoms with E-state index in [-0.39, 0.29) is 0 Å². The zero-order valence-corrected chi connectivity index (χ0v) is 10.0. The molecule has 2 nitrogen and oxygen atoms in total. The molecule has 84 valence electrons. The molecule has 0 bridgehead atoms. The van der Waals surface area contributed by atoms with E-state index in [9.17, 15) is 0 Å². The van der Waals surface area contributed by atoms with E-state index < -0.39 is 0 Å². The molecule has 0 amide bonds. The van der Waals surface area contributed by atoms with E-state index in [1.165, 1.54) is 12.8 Å². The highest BCUT2D eigenvalue weighted by molar-refractivity contribution is 4.97. The third-order valence-electron chi connectivity index (χ3n) is 3.79. The molecule has 0 spiro atoms. The van der Waals surface area contributed by atoms with Crippen molar-refractivity contribution < 1.29 is 5.11 Å². The predicted molar refractivity (Wildman–Crippen MR) is 60.3 cm³/mol. The SMILES string of the molecule is CC(C)C(CCO)NC(C)C1(C)CC1. The summed E-state index contributed by atoms with van der Waals surface area (Å²) in [7, 11) is 0. The summed E-state index contributed by atoms with van der Waals surface area (Å²) in [5, 5.41) is 12.6. The standard InChI is InChI=1S/C12H25NO/c1-9(2)11(5-8-14)13-10(3)12(4)6-7-12/h9-11,13-14H,5-8H2,1-4H3. The lowest BCUT2D eigenvalue weighted by molar-refractivity contribution is 0.221. The zero-order valence-electron chi connectivity index (χ0n) is 10.0. The molecule has 2 N–H and O–H groups in total. The molecule has 2 atom stereocenters. The summed E-state index contributed by atoms with van der Waals surface area (Å²) < 4.78 is 0. The second-order valence-corrected chi connectivity index (χ2v) is 5.41.